The number of amides is 2. The second kappa shape index (κ2) is 23.4. The molecule has 1 saturated heterocycles. The van der Waals surface area contributed by atoms with Crippen molar-refractivity contribution in [3.05, 3.63) is 41.0 Å². The average molecular weight is 737 g/mol. The highest BCUT2D eigenvalue weighted by Gasteiger charge is 2.39. The van der Waals surface area contributed by atoms with E-state index in [2.05, 4.69) is 48.5 Å². The van der Waals surface area contributed by atoms with E-state index < -0.39 is 12.1 Å². The van der Waals surface area contributed by atoms with Gasteiger partial charge in [0.2, 0.25) is 11.8 Å². The third-order valence-corrected chi connectivity index (χ3v) is 10.3. The first-order valence-electron chi connectivity index (χ1n) is 18.4. The molecule has 50 heavy (non-hydrogen) atoms. The van der Waals surface area contributed by atoms with Gasteiger partial charge in [-0.1, -0.05) is 64.3 Å². The molecular weight excluding hydrogens is 676 g/mol. The van der Waals surface area contributed by atoms with Crippen molar-refractivity contribution < 1.29 is 28.9 Å². The Hall–Kier alpha value is -2.12. The molecule has 0 spiro atoms. The monoisotopic (exact) mass is 736 g/mol. The summed E-state index contributed by atoms with van der Waals surface area (Å²) in [4.78, 5) is 33.8. The molecule has 3 N–H and O–H groups in total. The van der Waals surface area contributed by atoms with Gasteiger partial charge in [-0.05, 0) is 55.6 Å². The normalized spacial score (nSPS) is 17.2. The number of thiazole rings is 1. The number of carbonyl (C=O) groups is 2. The Morgan fingerprint density at radius 3 is 2.18 bits per heavy atom. The number of halogens is 1. The van der Waals surface area contributed by atoms with E-state index in [0.29, 0.717) is 65.5 Å². The smallest absolute Gasteiger partial charge is 0.237 e. The Kier molecular flexibility index (Phi) is 19.8. The summed E-state index contributed by atoms with van der Waals surface area (Å²) in [5.41, 5.74) is 4.75. The fourth-order valence-electron chi connectivity index (χ4n) is 5.91. The maximum atomic E-state index is 13.3. The number of aromatic nitrogens is 1. The number of nitrogens with zero attached hydrogens (tertiary/aromatic N) is 2. The van der Waals surface area contributed by atoms with Crippen molar-refractivity contribution in [1.29, 1.82) is 0 Å². The first kappa shape index (κ1) is 42.3. The van der Waals surface area contributed by atoms with Crippen LogP contribution in [-0.4, -0.2) is 104 Å². The number of aryl methyl sites for hydroxylation is 1. The van der Waals surface area contributed by atoms with Gasteiger partial charge in [0.15, 0.2) is 0 Å². The molecule has 2 heterocycles. The lowest BCUT2D eigenvalue weighted by molar-refractivity contribution is -0.126. The zero-order valence-electron chi connectivity index (χ0n) is 30.7. The van der Waals surface area contributed by atoms with E-state index >= 15 is 0 Å². The van der Waals surface area contributed by atoms with Crippen molar-refractivity contribution in [3.63, 3.8) is 0 Å². The number of alkyl halides is 1. The standard InChI is InChI=1S/C38H61ClN4O6S/c1-29-36(50-28-41-29)31-15-13-30(14-16-31)25-40-37(46)33-24-32(44)26-43(33)27-34(38(2,3)4)42-35(45)12-8-7-11-19-48-21-23-49-22-20-47-18-10-6-5-9-17-39/h13-16,28,32-34,44H,5-12,17-27H2,1-4H3,(H,40,46)(H,42,45)/t32-,33+,34-/m1/s1. The van der Waals surface area contributed by atoms with E-state index in [-0.39, 0.29) is 23.3 Å². The van der Waals surface area contributed by atoms with E-state index in [1.807, 2.05) is 29.5 Å². The average Bonchev–Trinajstić information content (AvgIpc) is 3.69. The van der Waals surface area contributed by atoms with E-state index in [0.717, 1.165) is 79.1 Å². The summed E-state index contributed by atoms with van der Waals surface area (Å²) in [6, 6.07) is 7.54. The van der Waals surface area contributed by atoms with Gasteiger partial charge in [0.1, 0.15) is 0 Å². The molecule has 1 aromatic carbocycles. The molecular formula is C38H61ClN4O6S. The fraction of sp³-hybridized carbons (Fsp3) is 0.711. The van der Waals surface area contributed by atoms with Crippen molar-refractivity contribution in [2.45, 2.75) is 110 Å². The molecule has 1 aliphatic heterocycles. The van der Waals surface area contributed by atoms with Gasteiger partial charge in [-0.3, -0.25) is 14.5 Å². The number of aliphatic hydroxyl groups is 1. The lowest BCUT2D eigenvalue weighted by Crippen LogP contribution is -2.53. The summed E-state index contributed by atoms with van der Waals surface area (Å²) in [6.07, 6.45) is 7.26. The quantitative estimate of drug-likeness (QED) is 0.0825. The summed E-state index contributed by atoms with van der Waals surface area (Å²) >= 11 is 7.30. The number of nitrogens with one attached hydrogen (secondary N) is 2. The maximum absolute atomic E-state index is 13.3. The molecule has 0 bridgehead atoms. The molecule has 0 aliphatic carbocycles. The molecule has 10 nitrogen and oxygen atoms in total. The molecule has 12 heteroatoms. The van der Waals surface area contributed by atoms with Gasteiger partial charge in [0, 0.05) is 51.2 Å². The highest BCUT2D eigenvalue weighted by atomic mass is 35.5. The number of carbonyl (C=O) groups excluding carboxylic acids is 2. The number of β-amino-alcohol motifs (C(OH)–C–C–N with tert-alkyl or cyclic N) is 1. The Labute approximate surface area is 309 Å². The van der Waals surface area contributed by atoms with Crippen LogP contribution >= 0.6 is 22.9 Å². The van der Waals surface area contributed by atoms with Crippen molar-refractivity contribution >= 4 is 34.8 Å². The van der Waals surface area contributed by atoms with Gasteiger partial charge < -0.3 is 30.0 Å². The largest absolute Gasteiger partial charge is 0.392 e. The van der Waals surface area contributed by atoms with Crippen molar-refractivity contribution in [3.8, 4) is 10.4 Å². The predicted octanol–water partition coefficient (Wildman–Crippen LogP) is 6.11. The number of aliphatic hydroxyl groups excluding tert-OH is 1. The number of benzene rings is 1. The van der Waals surface area contributed by atoms with Crippen LogP contribution in [0.15, 0.2) is 29.8 Å². The molecule has 0 radical (unpaired) electrons. The minimum Gasteiger partial charge on any atom is -0.392 e. The van der Waals surface area contributed by atoms with E-state index in [4.69, 9.17) is 25.8 Å². The minimum atomic E-state index is -0.585. The van der Waals surface area contributed by atoms with E-state index in [9.17, 15) is 14.7 Å². The Bertz CT molecular complexity index is 1240. The zero-order valence-corrected chi connectivity index (χ0v) is 32.3. The first-order chi connectivity index (χ1) is 24.1. The van der Waals surface area contributed by atoms with Crippen LogP contribution in [0.25, 0.3) is 10.4 Å². The van der Waals surface area contributed by atoms with Crippen LogP contribution in [0, 0.1) is 12.3 Å². The number of hydrogen-bond acceptors (Lipinski definition) is 9. The molecule has 0 unspecified atom stereocenters. The Morgan fingerprint density at radius 2 is 1.58 bits per heavy atom. The van der Waals surface area contributed by atoms with Crippen molar-refractivity contribution in [1.82, 2.24) is 20.5 Å². The molecule has 2 aromatic rings. The summed E-state index contributed by atoms with van der Waals surface area (Å²) in [6.45, 7) is 13.3. The molecule has 2 amide bonds. The van der Waals surface area contributed by atoms with E-state index in [1.165, 1.54) is 0 Å². The lowest BCUT2D eigenvalue weighted by Gasteiger charge is -2.36. The van der Waals surface area contributed by atoms with Crippen LogP contribution in [-0.2, 0) is 30.3 Å². The van der Waals surface area contributed by atoms with Crippen LogP contribution in [0.2, 0.25) is 0 Å². The summed E-state index contributed by atoms with van der Waals surface area (Å²) < 4.78 is 16.8. The highest BCUT2D eigenvalue weighted by molar-refractivity contribution is 7.13. The van der Waals surface area contributed by atoms with Gasteiger partial charge in [-0.15, -0.1) is 22.9 Å². The Morgan fingerprint density at radius 1 is 0.960 bits per heavy atom. The summed E-state index contributed by atoms with van der Waals surface area (Å²) in [5, 5.41) is 16.8. The van der Waals surface area contributed by atoms with Gasteiger partial charge in [-0.2, -0.15) is 0 Å². The van der Waals surface area contributed by atoms with Gasteiger partial charge in [0.25, 0.3) is 0 Å². The minimum absolute atomic E-state index is 0.00874. The second-order valence-corrected chi connectivity index (χ2v) is 15.5. The van der Waals surface area contributed by atoms with Gasteiger partial charge in [0.05, 0.1) is 54.7 Å². The lowest BCUT2D eigenvalue weighted by atomic mass is 9.86. The summed E-state index contributed by atoms with van der Waals surface area (Å²) in [5.74, 6) is 0.637. The molecule has 282 valence electrons. The predicted molar refractivity (Wildman–Crippen MR) is 202 cm³/mol. The van der Waals surface area contributed by atoms with Crippen LogP contribution in [0.1, 0.15) is 89.8 Å². The third kappa shape index (κ3) is 16.0. The molecule has 0 saturated carbocycles. The van der Waals surface area contributed by atoms with Gasteiger partial charge in [-0.25, -0.2) is 4.98 Å². The zero-order chi connectivity index (χ0) is 36.2. The number of unbranched alkanes of at least 4 members (excludes halogenated alkanes) is 5. The van der Waals surface area contributed by atoms with Crippen molar-refractivity contribution in [2.24, 2.45) is 5.41 Å². The SMILES string of the molecule is Cc1ncsc1-c1ccc(CNC(=O)[C@@H]2C[C@@H](O)CN2C[C@@H](NC(=O)CCCCCOCCOCCOCCCCCCCl)C(C)(C)C)cc1. The van der Waals surface area contributed by atoms with Crippen molar-refractivity contribution in [2.75, 3.05) is 58.6 Å². The molecule has 3 atom stereocenters. The highest BCUT2D eigenvalue weighted by Crippen LogP contribution is 2.28. The summed E-state index contributed by atoms with van der Waals surface area (Å²) in [7, 11) is 0. The van der Waals surface area contributed by atoms with Crippen LogP contribution in [0.5, 0.6) is 0 Å². The molecule has 1 aromatic heterocycles. The topological polar surface area (TPSA) is 122 Å². The number of ether oxygens (including phenoxy) is 3. The fourth-order valence-corrected chi connectivity index (χ4v) is 6.91. The number of likely N-dealkylation sites (tertiary alicyclic amines) is 1. The van der Waals surface area contributed by atoms with Gasteiger partial charge >= 0.3 is 0 Å². The number of hydrogen-bond donors (Lipinski definition) is 3. The van der Waals surface area contributed by atoms with E-state index in [1.54, 1.807) is 11.3 Å². The van der Waals surface area contributed by atoms with Crippen LogP contribution in [0.4, 0.5) is 0 Å². The molecule has 1 aliphatic rings. The number of rotatable bonds is 25. The Balaban J connectivity index is 1.30. The third-order valence-electron chi connectivity index (χ3n) is 9.02. The van der Waals surface area contributed by atoms with Crippen LogP contribution in [0.3, 0.4) is 0 Å². The first-order valence-corrected chi connectivity index (χ1v) is 19.8. The maximum Gasteiger partial charge on any atom is 0.237 e. The molecule has 3 rings (SSSR count). The molecule has 1 fully saturated rings. The van der Waals surface area contributed by atoms with Crippen LogP contribution < -0.4 is 10.6 Å². The second-order valence-electron chi connectivity index (χ2n) is 14.3.